The van der Waals surface area contributed by atoms with Crippen molar-refractivity contribution < 1.29 is 9.90 Å². The van der Waals surface area contributed by atoms with Crippen molar-refractivity contribution in [2.75, 3.05) is 0 Å². The number of nitrogens with zero attached hydrogens (tertiary/aromatic N) is 1. The second-order valence-corrected chi connectivity index (χ2v) is 5.04. The van der Waals surface area contributed by atoms with Gasteiger partial charge in [0.1, 0.15) is 5.75 Å². The van der Waals surface area contributed by atoms with Crippen LogP contribution in [0.1, 0.15) is 22.8 Å². The van der Waals surface area contributed by atoms with Crippen LogP contribution in [0.3, 0.4) is 0 Å². The van der Waals surface area contributed by atoms with E-state index < -0.39 is 5.91 Å². The lowest BCUT2D eigenvalue weighted by Gasteiger charge is -2.03. The molecular formula is C17H15ClN2O2. The molecule has 0 atom stereocenters. The number of nitrogens with one attached hydrogen (secondary N) is 1. The first-order valence-corrected chi connectivity index (χ1v) is 7.00. The molecule has 112 valence electrons. The molecule has 2 aromatic rings. The van der Waals surface area contributed by atoms with Crippen LogP contribution in [0, 0.1) is 0 Å². The topological polar surface area (TPSA) is 61.7 Å². The van der Waals surface area contributed by atoms with Crippen LogP contribution in [-0.4, -0.2) is 16.7 Å². The van der Waals surface area contributed by atoms with Crippen molar-refractivity contribution in [3.8, 4) is 5.75 Å². The van der Waals surface area contributed by atoms with Crippen molar-refractivity contribution in [2.24, 2.45) is 5.10 Å². The molecule has 0 heterocycles. The van der Waals surface area contributed by atoms with Gasteiger partial charge in [0.2, 0.25) is 0 Å². The van der Waals surface area contributed by atoms with Crippen molar-refractivity contribution in [1.29, 1.82) is 0 Å². The van der Waals surface area contributed by atoms with Gasteiger partial charge in [0, 0.05) is 5.02 Å². The van der Waals surface area contributed by atoms with Gasteiger partial charge in [-0.2, -0.15) is 5.10 Å². The highest BCUT2D eigenvalue weighted by Crippen LogP contribution is 2.21. The van der Waals surface area contributed by atoms with Crippen molar-refractivity contribution in [3.63, 3.8) is 0 Å². The lowest BCUT2D eigenvalue weighted by molar-refractivity contribution is 0.0952. The van der Waals surface area contributed by atoms with Crippen LogP contribution >= 0.6 is 11.6 Å². The summed E-state index contributed by atoms with van der Waals surface area (Å²) in [6.07, 6.45) is 3.68. The van der Waals surface area contributed by atoms with Gasteiger partial charge in [-0.15, -0.1) is 0 Å². The number of halogens is 1. The molecule has 0 aliphatic carbocycles. The van der Waals surface area contributed by atoms with E-state index in [4.69, 9.17) is 11.6 Å². The monoisotopic (exact) mass is 314 g/mol. The Labute approximate surface area is 133 Å². The Morgan fingerprint density at radius 3 is 2.64 bits per heavy atom. The lowest BCUT2D eigenvalue weighted by atomic mass is 10.2. The third-order valence-corrected chi connectivity index (χ3v) is 3.09. The van der Waals surface area contributed by atoms with E-state index in [0.717, 1.165) is 5.56 Å². The summed E-state index contributed by atoms with van der Waals surface area (Å²) in [5.74, 6) is -0.681. The van der Waals surface area contributed by atoms with E-state index in [1.807, 2.05) is 36.4 Å². The average molecular weight is 315 g/mol. The first-order valence-electron chi connectivity index (χ1n) is 6.62. The number of phenols is 1. The Hall–Kier alpha value is -2.59. The first-order chi connectivity index (χ1) is 10.6. The van der Waals surface area contributed by atoms with Gasteiger partial charge in [-0.1, -0.05) is 48.0 Å². The Bertz CT molecular complexity index is 725. The second kappa shape index (κ2) is 7.43. The van der Waals surface area contributed by atoms with Gasteiger partial charge in [0.15, 0.2) is 0 Å². The highest BCUT2D eigenvalue weighted by Gasteiger charge is 2.10. The van der Waals surface area contributed by atoms with Crippen molar-refractivity contribution in [1.82, 2.24) is 5.43 Å². The summed E-state index contributed by atoms with van der Waals surface area (Å²) >= 11 is 5.72. The van der Waals surface area contributed by atoms with E-state index in [1.165, 1.54) is 18.2 Å². The van der Waals surface area contributed by atoms with E-state index >= 15 is 0 Å². The highest BCUT2D eigenvalue weighted by atomic mass is 35.5. The summed E-state index contributed by atoms with van der Waals surface area (Å²) in [5.41, 5.74) is 4.18. The molecule has 0 radical (unpaired) electrons. The number of aromatic hydroxyl groups is 1. The quantitative estimate of drug-likeness (QED) is 0.665. The number of rotatable bonds is 4. The van der Waals surface area contributed by atoms with Crippen molar-refractivity contribution in [2.45, 2.75) is 6.92 Å². The minimum atomic E-state index is -0.498. The number of hydrogen-bond donors (Lipinski definition) is 2. The Kier molecular flexibility index (Phi) is 5.33. The maximum absolute atomic E-state index is 11.9. The lowest BCUT2D eigenvalue weighted by Crippen LogP contribution is -2.18. The summed E-state index contributed by atoms with van der Waals surface area (Å²) in [4.78, 5) is 11.9. The molecule has 0 aliphatic rings. The third-order valence-electron chi connectivity index (χ3n) is 2.85. The molecular weight excluding hydrogens is 300 g/mol. The average Bonchev–Trinajstić information content (AvgIpc) is 2.51. The normalized spacial score (nSPS) is 11.6. The van der Waals surface area contributed by atoms with Crippen LogP contribution in [-0.2, 0) is 0 Å². The van der Waals surface area contributed by atoms with E-state index in [2.05, 4.69) is 10.5 Å². The molecule has 5 heteroatoms. The SMILES string of the molecule is CC(/C=C/c1ccccc1)=N\NC(=O)c1ccc(Cl)cc1O. The molecule has 2 aromatic carbocycles. The van der Waals surface area contributed by atoms with E-state index in [1.54, 1.807) is 13.0 Å². The minimum absolute atomic E-state index is 0.119. The molecule has 2 N–H and O–H groups in total. The molecule has 0 bridgehead atoms. The molecule has 0 unspecified atom stereocenters. The van der Waals surface area contributed by atoms with Crippen LogP contribution in [0.5, 0.6) is 5.75 Å². The third kappa shape index (κ3) is 4.46. The van der Waals surface area contributed by atoms with Crippen molar-refractivity contribution in [3.05, 3.63) is 70.8 Å². The molecule has 0 aliphatic heterocycles. The van der Waals surface area contributed by atoms with Crippen LogP contribution in [0.4, 0.5) is 0 Å². The summed E-state index contributed by atoms with van der Waals surface area (Å²) in [6, 6.07) is 14.0. The Balaban J connectivity index is 2.01. The van der Waals surface area contributed by atoms with Gasteiger partial charge in [0.25, 0.3) is 5.91 Å². The molecule has 4 nitrogen and oxygen atoms in total. The molecule has 0 aromatic heterocycles. The smallest absolute Gasteiger partial charge is 0.275 e. The Morgan fingerprint density at radius 2 is 1.95 bits per heavy atom. The predicted molar refractivity (Wildman–Crippen MR) is 89.2 cm³/mol. The van der Waals surface area contributed by atoms with Gasteiger partial charge in [-0.3, -0.25) is 4.79 Å². The number of carbonyl (C=O) groups excluding carboxylic acids is 1. The fraction of sp³-hybridized carbons (Fsp3) is 0.0588. The van der Waals surface area contributed by atoms with E-state index in [-0.39, 0.29) is 11.3 Å². The summed E-state index contributed by atoms with van der Waals surface area (Å²) < 4.78 is 0. The number of hydrogen-bond acceptors (Lipinski definition) is 3. The molecule has 1 amide bonds. The Morgan fingerprint density at radius 1 is 1.23 bits per heavy atom. The molecule has 22 heavy (non-hydrogen) atoms. The standard InChI is InChI=1S/C17H15ClN2O2/c1-12(7-8-13-5-3-2-4-6-13)19-20-17(22)15-10-9-14(18)11-16(15)21/h2-11,21H,1H3,(H,20,22)/b8-7+,19-12+. The number of carbonyl (C=O) groups is 1. The van der Waals surface area contributed by atoms with Crippen LogP contribution in [0.15, 0.2) is 59.7 Å². The maximum Gasteiger partial charge on any atom is 0.275 e. The van der Waals surface area contributed by atoms with Crippen molar-refractivity contribution >= 4 is 29.3 Å². The number of benzene rings is 2. The van der Waals surface area contributed by atoms with Gasteiger partial charge in [0.05, 0.1) is 11.3 Å². The van der Waals surface area contributed by atoms with Crippen LogP contribution in [0.25, 0.3) is 6.08 Å². The summed E-state index contributed by atoms with van der Waals surface area (Å²) in [6.45, 7) is 1.77. The fourth-order valence-electron chi connectivity index (χ4n) is 1.71. The summed E-state index contributed by atoms with van der Waals surface area (Å²) in [5, 5.41) is 14.0. The number of allylic oxidation sites excluding steroid dienone is 1. The first kappa shape index (κ1) is 15.8. The molecule has 0 saturated heterocycles. The van der Waals surface area contributed by atoms with Gasteiger partial charge in [-0.05, 0) is 36.8 Å². The predicted octanol–water partition coefficient (Wildman–Crippen LogP) is 3.86. The highest BCUT2D eigenvalue weighted by molar-refractivity contribution is 6.30. The molecule has 0 fully saturated rings. The molecule has 0 saturated carbocycles. The van der Waals surface area contributed by atoms with Crippen LogP contribution < -0.4 is 5.43 Å². The number of phenolic OH excluding ortho intramolecular Hbond substituents is 1. The second-order valence-electron chi connectivity index (χ2n) is 4.60. The maximum atomic E-state index is 11.9. The largest absolute Gasteiger partial charge is 0.507 e. The molecule has 2 rings (SSSR count). The van der Waals surface area contributed by atoms with Gasteiger partial charge >= 0.3 is 0 Å². The van der Waals surface area contributed by atoms with E-state index in [9.17, 15) is 9.90 Å². The zero-order valence-electron chi connectivity index (χ0n) is 12.0. The zero-order chi connectivity index (χ0) is 15.9. The number of amides is 1. The van der Waals surface area contributed by atoms with Crippen LogP contribution in [0.2, 0.25) is 5.02 Å². The summed E-state index contributed by atoms with van der Waals surface area (Å²) in [7, 11) is 0. The van der Waals surface area contributed by atoms with Gasteiger partial charge in [-0.25, -0.2) is 5.43 Å². The van der Waals surface area contributed by atoms with E-state index in [0.29, 0.717) is 10.7 Å². The number of hydrazone groups is 1. The van der Waals surface area contributed by atoms with Gasteiger partial charge < -0.3 is 5.11 Å². The fourth-order valence-corrected chi connectivity index (χ4v) is 1.88. The zero-order valence-corrected chi connectivity index (χ0v) is 12.7. The minimum Gasteiger partial charge on any atom is -0.507 e. The molecule has 0 spiro atoms.